The van der Waals surface area contributed by atoms with Crippen molar-refractivity contribution in [1.82, 2.24) is 0 Å². The first-order valence-corrected chi connectivity index (χ1v) is 7.05. The maximum atomic E-state index is 11.4. The molecule has 0 spiro atoms. The molecule has 8 heteroatoms. The van der Waals surface area contributed by atoms with Gasteiger partial charge in [0.05, 0.1) is 0 Å². The number of nitrogens with zero attached hydrogens (tertiary/aromatic N) is 1. The van der Waals surface area contributed by atoms with Crippen molar-refractivity contribution in [3.05, 3.63) is 29.8 Å². The molecule has 0 aliphatic rings. The summed E-state index contributed by atoms with van der Waals surface area (Å²) in [6.07, 6.45) is 0.583. The number of benzene rings is 1. The number of rotatable bonds is 7. The molecule has 1 aromatic rings. The average molecular weight is 358 g/mol. The van der Waals surface area contributed by atoms with E-state index in [9.17, 15) is 9.59 Å². The third kappa shape index (κ3) is 5.82. The van der Waals surface area contributed by atoms with Crippen LogP contribution in [-0.4, -0.2) is 29.1 Å². The van der Waals surface area contributed by atoms with E-state index in [1.807, 2.05) is 6.92 Å². The van der Waals surface area contributed by atoms with Gasteiger partial charge >= 0.3 is 5.97 Å². The monoisotopic (exact) mass is 357 g/mol. The highest BCUT2D eigenvalue weighted by molar-refractivity contribution is 9.10. The van der Waals surface area contributed by atoms with Gasteiger partial charge < -0.3 is 21.0 Å². The van der Waals surface area contributed by atoms with Gasteiger partial charge in [0.15, 0.2) is 12.4 Å². The molecule has 0 fully saturated rings. The molecule has 7 nitrogen and oxygen atoms in total. The maximum Gasteiger partial charge on any atom is 0.348 e. The van der Waals surface area contributed by atoms with Gasteiger partial charge in [-0.15, -0.1) is 0 Å². The van der Waals surface area contributed by atoms with Crippen molar-refractivity contribution in [3.63, 3.8) is 0 Å². The fraction of sp³-hybridized carbons (Fsp3) is 0.308. The molecular weight excluding hydrogens is 342 g/mol. The lowest BCUT2D eigenvalue weighted by Crippen LogP contribution is -2.20. The van der Waals surface area contributed by atoms with Crippen LogP contribution in [0, 0.1) is 0 Å². The van der Waals surface area contributed by atoms with Crippen LogP contribution in [0.5, 0.6) is 5.75 Å². The Morgan fingerprint density at radius 1 is 1.29 bits per heavy atom. The van der Waals surface area contributed by atoms with E-state index in [0.29, 0.717) is 17.7 Å². The van der Waals surface area contributed by atoms with Crippen molar-refractivity contribution in [3.8, 4) is 5.75 Å². The van der Waals surface area contributed by atoms with Gasteiger partial charge in [-0.3, -0.25) is 4.79 Å². The molecule has 1 atom stereocenters. The van der Waals surface area contributed by atoms with Gasteiger partial charge in [0.1, 0.15) is 10.6 Å². The second-order valence-corrected chi connectivity index (χ2v) is 5.15. The maximum absolute atomic E-state index is 11.4. The molecule has 0 radical (unpaired) electrons. The fourth-order valence-corrected chi connectivity index (χ4v) is 1.33. The van der Waals surface area contributed by atoms with Crippen LogP contribution in [0.2, 0.25) is 0 Å². The van der Waals surface area contributed by atoms with E-state index in [-0.39, 0.29) is 12.4 Å². The van der Waals surface area contributed by atoms with E-state index >= 15 is 0 Å². The smallest absolute Gasteiger partial charge is 0.348 e. The summed E-state index contributed by atoms with van der Waals surface area (Å²) in [5, 5.41) is 3.57. The van der Waals surface area contributed by atoms with Crippen molar-refractivity contribution >= 4 is 33.6 Å². The number of primary amides is 1. The molecule has 4 N–H and O–H groups in total. The molecule has 0 bridgehead atoms. The Morgan fingerprint density at radius 3 is 2.43 bits per heavy atom. The van der Waals surface area contributed by atoms with Gasteiger partial charge in [0.2, 0.25) is 0 Å². The minimum Gasteiger partial charge on any atom is -0.484 e. The predicted molar refractivity (Wildman–Crippen MR) is 81.0 cm³/mol. The number of hydrogen-bond donors (Lipinski definition) is 2. The van der Waals surface area contributed by atoms with Crippen LogP contribution >= 0.6 is 15.9 Å². The van der Waals surface area contributed by atoms with E-state index in [0.717, 1.165) is 0 Å². The van der Waals surface area contributed by atoms with Crippen molar-refractivity contribution in [2.75, 3.05) is 6.61 Å². The number of oxime groups is 1. The topological polar surface area (TPSA) is 117 Å². The van der Waals surface area contributed by atoms with E-state index in [4.69, 9.17) is 21.0 Å². The van der Waals surface area contributed by atoms with Crippen molar-refractivity contribution < 1.29 is 19.2 Å². The van der Waals surface area contributed by atoms with Gasteiger partial charge in [-0.1, -0.05) is 28.0 Å². The summed E-state index contributed by atoms with van der Waals surface area (Å²) < 4.78 is 5.10. The van der Waals surface area contributed by atoms with E-state index in [1.165, 1.54) is 0 Å². The standard InChI is InChI=1S/C13H16BrN3O4/c1-2-10(14)13(19)21-17-12(16)8-3-5-9(6-4-8)20-7-11(15)18/h3-6,10H,2,7H2,1H3,(H2,15,18)(H2,16,17). The van der Waals surface area contributed by atoms with Gasteiger partial charge in [0, 0.05) is 5.56 Å². The Morgan fingerprint density at radius 2 is 1.90 bits per heavy atom. The molecule has 114 valence electrons. The Labute approximate surface area is 130 Å². The Kier molecular flexibility index (Phi) is 6.67. The van der Waals surface area contributed by atoms with Crippen LogP contribution in [0.15, 0.2) is 29.4 Å². The van der Waals surface area contributed by atoms with Crippen LogP contribution in [0.25, 0.3) is 0 Å². The molecule has 1 unspecified atom stereocenters. The normalized spacial score (nSPS) is 12.6. The van der Waals surface area contributed by atoms with Gasteiger partial charge in [-0.2, -0.15) is 0 Å². The van der Waals surface area contributed by atoms with E-state index in [1.54, 1.807) is 24.3 Å². The fourth-order valence-electron chi connectivity index (χ4n) is 1.25. The molecule has 0 saturated carbocycles. The van der Waals surface area contributed by atoms with Crippen LogP contribution in [0.3, 0.4) is 0 Å². The van der Waals surface area contributed by atoms with Gasteiger partial charge in [0.25, 0.3) is 5.91 Å². The molecule has 21 heavy (non-hydrogen) atoms. The minimum absolute atomic E-state index is 0.0561. The zero-order valence-corrected chi connectivity index (χ0v) is 13.0. The summed E-state index contributed by atoms with van der Waals surface area (Å²) in [4.78, 5) is 26.3. The molecular formula is C13H16BrN3O4. The van der Waals surface area contributed by atoms with Crippen molar-refractivity contribution in [2.45, 2.75) is 18.2 Å². The second-order valence-electron chi connectivity index (χ2n) is 4.04. The molecule has 1 amide bonds. The lowest BCUT2D eigenvalue weighted by atomic mass is 10.2. The highest BCUT2D eigenvalue weighted by Gasteiger charge is 2.14. The second kappa shape index (κ2) is 8.25. The highest BCUT2D eigenvalue weighted by atomic mass is 79.9. The molecule has 0 aliphatic heterocycles. The number of hydrogen-bond acceptors (Lipinski definition) is 5. The quantitative estimate of drug-likeness (QED) is 0.247. The Balaban J connectivity index is 2.64. The van der Waals surface area contributed by atoms with E-state index < -0.39 is 16.7 Å². The SMILES string of the molecule is CCC(Br)C(=O)O/N=C(\N)c1ccc(OCC(N)=O)cc1. The largest absolute Gasteiger partial charge is 0.484 e. The van der Waals surface area contributed by atoms with Crippen LogP contribution < -0.4 is 16.2 Å². The predicted octanol–water partition coefficient (Wildman–Crippen LogP) is 0.888. The lowest BCUT2D eigenvalue weighted by Gasteiger charge is -2.06. The minimum atomic E-state index is -0.563. The number of alkyl halides is 1. The third-order valence-electron chi connectivity index (χ3n) is 2.38. The van der Waals surface area contributed by atoms with Crippen LogP contribution in [0.1, 0.15) is 18.9 Å². The molecule has 0 heterocycles. The Bertz CT molecular complexity index is 531. The molecule has 0 aromatic heterocycles. The summed E-state index contributed by atoms with van der Waals surface area (Å²) in [6, 6.07) is 6.44. The lowest BCUT2D eigenvalue weighted by molar-refractivity contribution is -0.142. The number of halogens is 1. The summed E-state index contributed by atoms with van der Waals surface area (Å²) in [5.74, 6) is -0.552. The number of nitrogens with two attached hydrogens (primary N) is 2. The number of carbonyl (C=O) groups is 2. The number of ether oxygens (including phenoxy) is 1. The first-order valence-electron chi connectivity index (χ1n) is 6.14. The molecule has 1 rings (SSSR count). The summed E-state index contributed by atoms with van der Waals surface area (Å²) in [6.45, 7) is 1.63. The van der Waals surface area contributed by atoms with Crippen LogP contribution in [-0.2, 0) is 14.4 Å². The zero-order valence-electron chi connectivity index (χ0n) is 11.4. The van der Waals surface area contributed by atoms with Crippen LogP contribution in [0.4, 0.5) is 0 Å². The first kappa shape index (κ1) is 17.0. The van der Waals surface area contributed by atoms with Crippen molar-refractivity contribution in [2.24, 2.45) is 16.6 Å². The number of amidine groups is 1. The summed E-state index contributed by atoms with van der Waals surface area (Å²) in [5.41, 5.74) is 11.2. The Hall–Kier alpha value is -2.09. The highest BCUT2D eigenvalue weighted by Crippen LogP contribution is 2.12. The van der Waals surface area contributed by atoms with E-state index in [2.05, 4.69) is 21.1 Å². The third-order valence-corrected chi connectivity index (χ3v) is 3.40. The number of amides is 1. The molecule has 1 aromatic carbocycles. The summed E-state index contributed by atoms with van der Waals surface area (Å²) in [7, 11) is 0. The van der Waals surface area contributed by atoms with Gasteiger partial charge in [-0.05, 0) is 30.7 Å². The number of carbonyl (C=O) groups excluding carboxylic acids is 2. The average Bonchev–Trinajstić information content (AvgIpc) is 2.49. The molecule has 0 saturated heterocycles. The summed E-state index contributed by atoms with van der Waals surface area (Å²) >= 11 is 3.15. The zero-order chi connectivity index (χ0) is 15.8. The first-order chi connectivity index (χ1) is 9.93. The molecule has 0 aliphatic carbocycles. The van der Waals surface area contributed by atoms with Gasteiger partial charge in [-0.25, -0.2) is 4.79 Å². The van der Waals surface area contributed by atoms with Crippen molar-refractivity contribution in [1.29, 1.82) is 0 Å².